The van der Waals surface area contributed by atoms with E-state index in [0.29, 0.717) is 6.42 Å². The van der Waals surface area contributed by atoms with Gasteiger partial charge in [-0.3, -0.25) is 4.79 Å². The van der Waals surface area contributed by atoms with Gasteiger partial charge in [-0.25, -0.2) is 10.0 Å². The molecular weight excluding hydrogens is 320 g/mol. The zero-order valence-corrected chi connectivity index (χ0v) is 18.6. The van der Waals surface area contributed by atoms with E-state index in [1.165, 1.54) is 77.0 Å². The Morgan fingerprint density at radius 2 is 1.04 bits per heavy atom. The molecular formula is C23H49N2O+. The third-order valence-electron chi connectivity index (χ3n) is 5.73. The van der Waals surface area contributed by atoms with E-state index in [0.717, 1.165) is 37.1 Å². The number of hydrogen-bond donors (Lipinski definition) is 1. The van der Waals surface area contributed by atoms with Gasteiger partial charge in [0.05, 0.1) is 13.1 Å². The first-order valence-electron chi connectivity index (χ1n) is 11.8. The average Bonchev–Trinajstić information content (AvgIpc) is 2.65. The number of quaternary nitrogens is 1. The van der Waals surface area contributed by atoms with Crippen LogP contribution in [0.25, 0.3) is 0 Å². The monoisotopic (exact) mass is 369 g/mol. The van der Waals surface area contributed by atoms with E-state index in [4.69, 9.17) is 0 Å². The molecule has 0 saturated heterocycles. The van der Waals surface area contributed by atoms with Gasteiger partial charge in [-0.2, -0.15) is 0 Å². The van der Waals surface area contributed by atoms with Gasteiger partial charge in [0.25, 0.3) is 5.91 Å². The molecule has 0 aliphatic carbocycles. The number of hydrogen-bond acceptors (Lipinski definition) is 1. The maximum absolute atomic E-state index is 12.2. The molecule has 0 aromatic carbocycles. The summed E-state index contributed by atoms with van der Waals surface area (Å²) in [7, 11) is 0. The van der Waals surface area contributed by atoms with E-state index in [1.807, 2.05) is 0 Å². The van der Waals surface area contributed by atoms with Crippen molar-refractivity contribution >= 4 is 5.91 Å². The molecule has 0 saturated carbocycles. The van der Waals surface area contributed by atoms with Crippen molar-refractivity contribution in [2.24, 2.45) is 0 Å². The highest BCUT2D eigenvalue weighted by Gasteiger charge is 2.24. The van der Waals surface area contributed by atoms with Crippen LogP contribution in [0.3, 0.4) is 0 Å². The van der Waals surface area contributed by atoms with Gasteiger partial charge in [0, 0.05) is 6.42 Å². The van der Waals surface area contributed by atoms with Gasteiger partial charge in [-0.15, -0.1) is 0 Å². The van der Waals surface area contributed by atoms with Crippen molar-refractivity contribution in [1.82, 2.24) is 5.43 Å². The Bertz CT molecular complexity index is 313. The van der Waals surface area contributed by atoms with Gasteiger partial charge in [0.1, 0.15) is 6.54 Å². The highest BCUT2D eigenvalue weighted by atomic mass is 16.2. The van der Waals surface area contributed by atoms with Crippen LogP contribution in [0, 0.1) is 0 Å². The molecule has 3 heteroatoms. The number of amides is 1. The minimum atomic E-state index is 0.241. The predicted octanol–water partition coefficient (Wildman–Crippen LogP) is 6.77. The van der Waals surface area contributed by atoms with E-state index in [9.17, 15) is 4.79 Å². The van der Waals surface area contributed by atoms with Crippen molar-refractivity contribution < 1.29 is 9.39 Å². The molecule has 0 unspecified atom stereocenters. The zero-order chi connectivity index (χ0) is 19.5. The molecule has 1 amide bonds. The van der Waals surface area contributed by atoms with E-state index >= 15 is 0 Å². The summed E-state index contributed by atoms with van der Waals surface area (Å²) in [6.45, 7) is 11.8. The maximum atomic E-state index is 12.2. The van der Waals surface area contributed by atoms with Crippen molar-refractivity contribution in [3.8, 4) is 0 Å². The van der Waals surface area contributed by atoms with Crippen molar-refractivity contribution in [2.45, 2.75) is 124 Å². The molecule has 156 valence electrons. The summed E-state index contributed by atoms with van der Waals surface area (Å²) >= 11 is 0. The van der Waals surface area contributed by atoms with Gasteiger partial charge >= 0.3 is 0 Å². The Balaban J connectivity index is 3.50. The van der Waals surface area contributed by atoms with Gasteiger partial charge in [-0.1, -0.05) is 90.9 Å². The molecule has 0 rings (SSSR count). The molecule has 1 N–H and O–H groups in total. The highest BCUT2D eigenvalue weighted by molar-refractivity contribution is 5.74. The maximum Gasteiger partial charge on any atom is 0.264 e. The Labute approximate surface area is 164 Å². The second-order valence-corrected chi connectivity index (χ2v) is 8.03. The van der Waals surface area contributed by atoms with E-state index < -0.39 is 0 Å². The van der Waals surface area contributed by atoms with Crippen molar-refractivity contribution in [1.29, 1.82) is 0 Å². The molecule has 0 spiro atoms. The number of unbranched alkanes of at least 4 members (excludes halogenated alkanes) is 12. The second kappa shape index (κ2) is 17.8. The van der Waals surface area contributed by atoms with Crippen molar-refractivity contribution in [3.63, 3.8) is 0 Å². The molecule has 26 heavy (non-hydrogen) atoms. The van der Waals surface area contributed by atoms with E-state index in [-0.39, 0.29) is 5.91 Å². The summed E-state index contributed by atoms with van der Waals surface area (Å²) in [6.07, 6.45) is 19.4. The van der Waals surface area contributed by atoms with Gasteiger partial charge in [0.15, 0.2) is 0 Å². The SMILES string of the molecule is CCCCCCCCCCCCCCCC(=O)N[N+](CC)(CC)CCC. The quantitative estimate of drug-likeness (QED) is 0.152. The molecule has 0 aromatic rings. The van der Waals surface area contributed by atoms with Crippen LogP contribution in [0.4, 0.5) is 0 Å². The smallest absolute Gasteiger partial charge is 0.264 e. The van der Waals surface area contributed by atoms with Crippen molar-refractivity contribution in [3.05, 3.63) is 0 Å². The summed E-state index contributed by atoms with van der Waals surface area (Å²) < 4.78 is 0.744. The molecule has 0 radical (unpaired) electrons. The van der Waals surface area contributed by atoms with Crippen LogP contribution in [0.5, 0.6) is 0 Å². The molecule has 0 aromatic heterocycles. The number of carbonyl (C=O) groups is 1. The lowest BCUT2D eigenvalue weighted by Crippen LogP contribution is -2.60. The Hall–Kier alpha value is -0.570. The molecule has 3 nitrogen and oxygen atoms in total. The molecule has 0 heterocycles. The third-order valence-corrected chi connectivity index (χ3v) is 5.73. The van der Waals surface area contributed by atoms with Crippen LogP contribution in [0.2, 0.25) is 0 Å². The topological polar surface area (TPSA) is 29.1 Å². The fraction of sp³-hybridized carbons (Fsp3) is 0.957. The first-order valence-corrected chi connectivity index (χ1v) is 11.8. The third kappa shape index (κ3) is 13.6. The molecule has 0 aliphatic rings. The molecule has 0 aliphatic heterocycles. The summed E-state index contributed by atoms with van der Waals surface area (Å²) in [5.74, 6) is 0.241. The fourth-order valence-electron chi connectivity index (χ4n) is 3.81. The summed E-state index contributed by atoms with van der Waals surface area (Å²) in [4.78, 5) is 12.2. The summed E-state index contributed by atoms with van der Waals surface area (Å²) in [5, 5.41) is 0. The Morgan fingerprint density at radius 3 is 1.42 bits per heavy atom. The van der Waals surface area contributed by atoms with Gasteiger partial charge < -0.3 is 0 Å². The number of rotatable bonds is 19. The highest BCUT2D eigenvalue weighted by Crippen LogP contribution is 2.13. The van der Waals surface area contributed by atoms with Crippen LogP contribution in [0.1, 0.15) is 124 Å². The summed E-state index contributed by atoms with van der Waals surface area (Å²) in [5.41, 5.74) is 3.27. The minimum Gasteiger partial charge on any atom is -0.270 e. The molecule has 0 bridgehead atoms. The first kappa shape index (κ1) is 25.4. The van der Waals surface area contributed by atoms with Gasteiger partial charge in [0.2, 0.25) is 0 Å². The Kier molecular flexibility index (Phi) is 17.4. The van der Waals surface area contributed by atoms with E-state index in [2.05, 4.69) is 33.1 Å². The second-order valence-electron chi connectivity index (χ2n) is 8.03. The predicted molar refractivity (Wildman–Crippen MR) is 115 cm³/mol. The van der Waals surface area contributed by atoms with Crippen molar-refractivity contribution in [2.75, 3.05) is 19.6 Å². The number of nitrogens with one attached hydrogen (secondary N) is 1. The van der Waals surface area contributed by atoms with Crippen LogP contribution >= 0.6 is 0 Å². The van der Waals surface area contributed by atoms with Crippen LogP contribution < -0.4 is 5.43 Å². The molecule has 0 atom stereocenters. The van der Waals surface area contributed by atoms with Crippen LogP contribution in [0.15, 0.2) is 0 Å². The largest absolute Gasteiger partial charge is 0.270 e. The molecule has 0 fully saturated rings. The van der Waals surface area contributed by atoms with E-state index in [1.54, 1.807) is 0 Å². The number of carbonyl (C=O) groups excluding carboxylic acids is 1. The lowest BCUT2D eigenvalue weighted by molar-refractivity contribution is -0.958. The summed E-state index contributed by atoms with van der Waals surface area (Å²) in [6, 6.07) is 0. The lowest BCUT2D eigenvalue weighted by atomic mass is 10.0. The first-order chi connectivity index (χ1) is 12.6. The van der Waals surface area contributed by atoms with Crippen LogP contribution in [-0.2, 0) is 4.79 Å². The minimum absolute atomic E-state index is 0.241. The zero-order valence-electron chi connectivity index (χ0n) is 18.6. The van der Waals surface area contributed by atoms with Crippen LogP contribution in [-0.4, -0.2) is 30.1 Å². The normalized spacial score (nSPS) is 11.7. The fourth-order valence-corrected chi connectivity index (χ4v) is 3.81. The lowest BCUT2D eigenvalue weighted by Gasteiger charge is -2.35. The van der Waals surface area contributed by atoms with Gasteiger partial charge in [-0.05, 0) is 26.7 Å². The Morgan fingerprint density at radius 1 is 0.615 bits per heavy atom. The standard InChI is InChI=1S/C23H48N2O/c1-5-9-10-11-12-13-14-15-16-17-18-19-20-21-23(26)24-25(7-3,8-4)22-6-2/h5-22H2,1-4H3/p+1. The number of nitrogens with zero attached hydrogens (tertiary/aromatic N) is 1. The average molecular weight is 370 g/mol.